The molecule has 1 aromatic carbocycles. The van der Waals surface area contributed by atoms with Crippen molar-refractivity contribution in [3.8, 4) is 5.75 Å². The van der Waals surface area contributed by atoms with Gasteiger partial charge >= 0.3 is 6.09 Å². The van der Waals surface area contributed by atoms with E-state index in [4.69, 9.17) is 9.47 Å². The van der Waals surface area contributed by atoms with Gasteiger partial charge in [-0.25, -0.2) is 4.79 Å². The summed E-state index contributed by atoms with van der Waals surface area (Å²) in [6, 6.07) is 5.14. The van der Waals surface area contributed by atoms with Crippen LogP contribution in [0.3, 0.4) is 0 Å². The maximum atomic E-state index is 11.9. The number of amides is 2. The van der Waals surface area contributed by atoms with Crippen LogP contribution in [-0.4, -0.2) is 32.3 Å². The summed E-state index contributed by atoms with van der Waals surface area (Å²) < 4.78 is 10.4. The second-order valence-corrected chi connectivity index (χ2v) is 6.20. The van der Waals surface area contributed by atoms with E-state index in [1.807, 2.05) is 27.7 Å². The summed E-state index contributed by atoms with van der Waals surface area (Å²) in [4.78, 5) is 23.3. The van der Waals surface area contributed by atoms with Crippen molar-refractivity contribution in [1.29, 1.82) is 0 Å². The number of nitrogens with one attached hydrogen (secondary N) is 2. The zero-order chi connectivity index (χ0) is 17.5. The molecule has 2 amide bonds. The number of ether oxygens (including phenoxy) is 2. The molecular weight excluding hydrogens is 296 g/mol. The van der Waals surface area contributed by atoms with E-state index in [9.17, 15) is 9.59 Å². The number of carbonyl (C=O) groups is 2. The van der Waals surface area contributed by atoms with Crippen molar-refractivity contribution in [2.24, 2.45) is 0 Å². The first-order valence-electron chi connectivity index (χ1n) is 7.69. The Morgan fingerprint density at radius 3 is 2.48 bits per heavy atom. The van der Waals surface area contributed by atoms with Crippen molar-refractivity contribution in [2.75, 3.05) is 25.6 Å². The Balaban J connectivity index is 2.94. The summed E-state index contributed by atoms with van der Waals surface area (Å²) in [5.41, 5.74) is 1.34. The molecule has 1 aromatic rings. The third kappa shape index (κ3) is 6.28. The Bertz CT molecular complexity index is 550. The Morgan fingerprint density at radius 2 is 1.91 bits per heavy atom. The minimum atomic E-state index is -0.533. The lowest BCUT2D eigenvalue weighted by molar-refractivity contribution is -0.120. The van der Waals surface area contributed by atoms with Gasteiger partial charge < -0.3 is 20.1 Å². The van der Waals surface area contributed by atoms with Crippen molar-refractivity contribution >= 4 is 17.7 Å². The first-order chi connectivity index (χ1) is 10.8. The van der Waals surface area contributed by atoms with Crippen LogP contribution in [0, 0.1) is 0 Å². The molecule has 0 aliphatic carbocycles. The van der Waals surface area contributed by atoms with Crippen LogP contribution in [0.1, 0.15) is 39.7 Å². The van der Waals surface area contributed by atoms with Gasteiger partial charge in [-0.1, -0.05) is 27.7 Å². The highest BCUT2D eigenvalue weighted by Gasteiger charge is 2.20. The zero-order valence-electron chi connectivity index (χ0n) is 14.5. The first-order valence-corrected chi connectivity index (χ1v) is 7.69. The molecule has 0 aliphatic heterocycles. The van der Waals surface area contributed by atoms with Crippen molar-refractivity contribution in [2.45, 2.75) is 39.5 Å². The third-order valence-corrected chi connectivity index (χ3v) is 3.07. The average Bonchev–Trinajstić information content (AvgIpc) is 2.47. The van der Waals surface area contributed by atoms with E-state index in [-0.39, 0.29) is 17.9 Å². The van der Waals surface area contributed by atoms with Crippen molar-refractivity contribution < 1.29 is 19.1 Å². The molecule has 6 nitrogen and oxygen atoms in total. The Labute approximate surface area is 137 Å². The van der Waals surface area contributed by atoms with Crippen molar-refractivity contribution in [3.05, 3.63) is 23.8 Å². The molecule has 23 heavy (non-hydrogen) atoms. The van der Waals surface area contributed by atoms with Crippen LogP contribution in [0.15, 0.2) is 18.2 Å². The summed E-state index contributed by atoms with van der Waals surface area (Å²) in [5, 5.41) is 5.25. The number of anilines is 1. The Kier molecular flexibility index (Phi) is 7.03. The van der Waals surface area contributed by atoms with E-state index in [0.717, 1.165) is 12.0 Å². The predicted molar refractivity (Wildman–Crippen MR) is 90.0 cm³/mol. The van der Waals surface area contributed by atoms with E-state index < -0.39 is 6.09 Å². The number of rotatable bonds is 6. The normalized spacial score (nSPS) is 11.0. The van der Waals surface area contributed by atoms with Crippen LogP contribution in [0.25, 0.3) is 0 Å². The summed E-state index contributed by atoms with van der Waals surface area (Å²) in [5.74, 6) is 0.221. The molecule has 0 unspecified atom stereocenters. The molecule has 0 saturated carbocycles. The molecule has 0 aliphatic rings. The van der Waals surface area contributed by atoms with Crippen LogP contribution in [-0.2, 0) is 14.9 Å². The second kappa shape index (κ2) is 8.53. The van der Waals surface area contributed by atoms with Crippen LogP contribution in [0.4, 0.5) is 10.5 Å². The smallest absolute Gasteiger partial charge is 0.410 e. The minimum absolute atomic E-state index is 0.0217. The molecule has 0 atom stereocenters. The molecule has 0 radical (unpaired) electrons. The highest BCUT2D eigenvalue weighted by molar-refractivity contribution is 5.92. The predicted octanol–water partition coefficient (Wildman–Crippen LogP) is 3.07. The largest absolute Gasteiger partial charge is 0.412 e. The molecule has 0 aromatic heterocycles. The number of hydrogen-bond acceptors (Lipinski definition) is 4. The number of carbonyl (C=O) groups excluding carboxylic acids is 2. The highest BCUT2D eigenvalue weighted by atomic mass is 16.5. The summed E-state index contributed by atoms with van der Waals surface area (Å²) >= 11 is 0. The molecular formula is C17H26N2O4. The minimum Gasteiger partial charge on any atom is -0.410 e. The standard InChI is InChI=1S/C17H26N2O4/c1-6-9-22-11-15(20)19-14-8-7-12(23-16(21)18-5)10-13(14)17(2,3)4/h7-8,10H,6,9,11H2,1-5H3,(H,18,21)(H,19,20). The monoisotopic (exact) mass is 322 g/mol. The SMILES string of the molecule is CCCOCC(=O)Nc1ccc(OC(=O)NC)cc1C(C)(C)C. The van der Waals surface area contributed by atoms with Gasteiger partial charge in [0.1, 0.15) is 12.4 Å². The lowest BCUT2D eigenvalue weighted by Gasteiger charge is -2.24. The van der Waals surface area contributed by atoms with Gasteiger partial charge in [0.15, 0.2) is 0 Å². The van der Waals surface area contributed by atoms with Gasteiger partial charge in [0, 0.05) is 19.3 Å². The fourth-order valence-corrected chi connectivity index (χ4v) is 1.97. The Morgan fingerprint density at radius 1 is 1.22 bits per heavy atom. The maximum absolute atomic E-state index is 11.9. The van der Waals surface area contributed by atoms with Crippen molar-refractivity contribution in [1.82, 2.24) is 5.32 Å². The molecule has 0 fully saturated rings. The summed E-state index contributed by atoms with van der Waals surface area (Å²) in [6.07, 6.45) is 0.334. The maximum Gasteiger partial charge on any atom is 0.412 e. The van der Waals surface area contributed by atoms with Crippen LogP contribution in [0.2, 0.25) is 0 Å². The molecule has 1 rings (SSSR count). The van der Waals surface area contributed by atoms with Crippen molar-refractivity contribution in [3.63, 3.8) is 0 Å². The topological polar surface area (TPSA) is 76.7 Å². The lowest BCUT2D eigenvalue weighted by Crippen LogP contribution is -2.24. The number of hydrogen-bond donors (Lipinski definition) is 2. The van der Waals surface area contributed by atoms with Crippen LogP contribution < -0.4 is 15.4 Å². The molecule has 2 N–H and O–H groups in total. The molecule has 128 valence electrons. The molecule has 0 saturated heterocycles. The van der Waals surface area contributed by atoms with Crippen LogP contribution >= 0.6 is 0 Å². The first kappa shape index (κ1) is 19.0. The second-order valence-electron chi connectivity index (χ2n) is 6.20. The van der Waals surface area contributed by atoms with E-state index >= 15 is 0 Å². The molecule has 0 bridgehead atoms. The molecule has 0 spiro atoms. The van der Waals surface area contributed by atoms with Gasteiger partial charge in [0.05, 0.1) is 0 Å². The zero-order valence-corrected chi connectivity index (χ0v) is 14.5. The van der Waals surface area contributed by atoms with E-state index in [0.29, 0.717) is 18.0 Å². The quantitative estimate of drug-likeness (QED) is 0.789. The van der Waals surface area contributed by atoms with Gasteiger partial charge in [-0.2, -0.15) is 0 Å². The van der Waals surface area contributed by atoms with Gasteiger partial charge in [-0.3, -0.25) is 4.79 Å². The Hall–Kier alpha value is -2.08. The highest BCUT2D eigenvalue weighted by Crippen LogP contribution is 2.32. The van der Waals surface area contributed by atoms with E-state index in [1.54, 1.807) is 18.2 Å². The van der Waals surface area contributed by atoms with Gasteiger partial charge in [0.2, 0.25) is 5.91 Å². The van der Waals surface area contributed by atoms with Gasteiger partial charge in [0.25, 0.3) is 0 Å². The number of benzene rings is 1. The van der Waals surface area contributed by atoms with E-state index in [1.165, 1.54) is 7.05 Å². The van der Waals surface area contributed by atoms with Gasteiger partial charge in [-0.05, 0) is 35.6 Å². The summed E-state index contributed by atoms with van der Waals surface area (Å²) in [7, 11) is 1.50. The molecule has 0 heterocycles. The lowest BCUT2D eigenvalue weighted by atomic mass is 9.85. The van der Waals surface area contributed by atoms with Crippen LogP contribution in [0.5, 0.6) is 5.75 Å². The van der Waals surface area contributed by atoms with Gasteiger partial charge in [-0.15, -0.1) is 0 Å². The fraction of sp³-hybridized carbons (Fsp3) is 0.529. The fourth-order valence-electron chi connectivity index (χ4n) is 1.97. The van der Waals surface area contributed by atoms with E-state index in [2.05, 4.69) is 10.6 Å². The third-order valence-electron chi connectivity index (χ3n) is 3.07. The average molecular weight is 322 g/mol. The molecule has 6 heteroatoms. The summed E-state index contributed by atoms with van der Waals surface area (Å²) in [6.45, 7) is 8.63.